The zero-order valence-corrected chi connectivity index (χ0v) is 18.8. The van der Waals surface area contributed by atoms with Crippen molar-refractivity contribution in [3.05, 3.63) is 48.0 Å². The Labute approximate surface area is 190 Å². The molecule has 4 rings (SSSR count). The van der Waals surface area contributed by atoms with Crippen LogP contribution in [0.4, 0.5) is 6.01 Å². The van der Waals surface area contributed by atoms with Gasteiger partial charge in [0.2, 0.25) is 15.9 Å². The van der Waals surface area contributed by atoms with Gasteiger partial charge in [0.25, 0.3) is 5.91 Å². The number of methoxy groups -OCH3 is 2. The van der Waals surface area contributed by atoms with Crippen LogP contribution in [0.2, 0.25) is 0 Å². The molecular formula is C21H22N4O7S. The van der Waals surface area contributed by atoms with Crippen LogP contribution >= 0.6 is 0 Å². The Morgan fingerprint density at radius 3 is 2.24 bits per heavy atom. The Bertz CT molecular complexity index is 1210. The number of carbonyl (C=O) groups excluding carboxylic acids is 1. The van der Waals surface area contributed by atoms with Gasteiger partial charge in [0.15, 0.2) is 0 Å². The second-order valence-corrected chi connectivity index (χ2v) is 8.95. The smallest absolute Gasteiger partial charge is 0.322 e. The van der Waals surface area contributed by atoms with Gasteiger partial charge >= 0.3 is 6.01 Å². The van der Waals surface area contributed by atoms with Gasteiger partial charge in [-0.2, -0.15) is 4.31 Å². The highest BCUT2D eigenvalue weighted by Crippen LogP contribution is 2.29. The molecule has 0 unspecified atom stereocenters. The van der Waals surface area contributed by atoms with Crippen molar-refractivity contribution in [3.63, 3.8) is 0 Å². The first-order chi connectivity index (χ1) is 15.9. The van der Waals surface area contributed by atoms with Crippen molar-refractivity contribution >= 4 is 21.9 Å². The van der Waals surface area contributed by atoms with Crippen molar-refractivity contribution in [3.8, 4) is 23.0 Å². The van der Waals surface area contributed by atoms with E-state index in [9.17, 15) is 13.2 Å². The number of amides is 1. The zero-order valence-electron chi connectivity index (χ0n) is 18.0. The second-order valence-electron chi connectivity index (χ2n) is 7.01. The van der Waals surface area contributed by atoms with Crippen molar-refractivity contribution in [1.82, 2.24) is 14.5 Å². The maximum Gasteiger partial charge on any atom is 0.322 e. The maximum absolute atomic E-state index is 12.7. The van der Waals surface area contributed by atoms with Crippen LogP contribution < -0.4 is 14.8 Å². The first kappa shape index (κ1) is 22.7. The van der Waals surface area contributed by atoms with E-state index in [4.69, 9.17) is 18.6 Å². The minimum atomic E-state index is -3.64. The first-order valence-electron chi connectivity index (χ1n) is 9.97. The molecule has 0 radical (unpaired) electrons. The molecular weight excluding hydrogens is 452 g/mol. The van der Waals surface area contributed by atoms with Gasteiger partial charge in [-0.05, 0) is 36.4 Å². The van der Waals surface area contributed by atoms with Gasteiger partial charge in [0, 0.05) is 30.3 Å². The molecule has 1 saturated heterocycles. The van der Waals surface area contributed by atoms with Gasteiger partial charge < -0.3 is 18.6 Å². The van der Waals surface area contributed by atoms with Gasteiger partial charge in [-0.25, -0.2) is 8.42 Å². The predicted molar refractivity (Wildman–Crippen MR) is 117 cm³/mol. The van der Waals surface area contributed by atoms with Crippen LogP contribution in [0.3, 0.4) is 0 Å². The Morgan fingerprint density at radius 1 is 1.00 bits per heavy atom. The number of nitrogens with zero attached hydrogens (tertiary/aromatic N) is 3. The predicted octanol–water partition coefficient (Wildman–Crippen LogP) is 2.03. The molecule has 3 aromatic rings. The summed E-state index contributed by atoms with van der Waals surface area (Å²) in [5.74, 6) is 0.721. The molecule has 0 aliphatic carbocycles. The minimum Gasteiger partial charge on any atom is -0.497 e. The van der Waals surface area contributed by atoms with E-state index in [0.29, 0.717) is 43.4 Å². The number of carbonyl (C=O) groups is 1. The molecule has 0 atom stereocenters. The minimum absolute atomic E-state index is 0.105. The fraction of sp³-hybridized carbons (Fsp3) is 0.286. The zero-order chi connectivity index (χ0) is 23.4. The number of aromatic nitrogens is 2. The summed E-state index contributed by atoms with van der Waals surface area (Å²) in [6.45, 7) is 1.30. The molecule has 12 heteroatoms. The Balaban J connectivity index is 1.47. The summed E-state index contributed by atoms with van der Waals surface area (Å²) in [5.41, 5.74) is 0.788. The van der Waals surface area contributed by atoms with E-state index >= 15 is 0 Å². The van der Waals surface area contributed by atoms with Gasteiger partial charge in [0.05, 0.1) is 32.3 Å². The summed E-state index contributed by atoms with van der Waals surface area (Å²) < 4.78 is 48.0. The molecule has 11 nitrogen and oxygen atoms in total. The van der Waals surface area contributed by atoms with Gasteiger partial charge in [0.1, 0.15) is 11.5 Å². The highest BCUT2D eigenvalue weighted by Gasteiger charge is 2.26. The molecule has 1 N–H and O–H groups in total. The molecule has 1 aromatic heterocycles. The molecule has 33 heavy (non-hydrogen) atoms. The number of nitrogens with one attached hydrogen (secondary N) is 1. The largest absolute Gasteiger partial charge is 0.497 e. The van der Waals surface area contributed by atoms with E-state index in [1.165, 1.54) is 42.8 Å². The molecule has 0 bridgehead atoms. The number of hydrogen-bond acceptors (Lipinski definition) is 9. The maximum atomic E-state index is 12.7. The van der Waals surface area contributed by atoms with E-state index in [-0.39, 0.29) is 22.4 Å². The topological polar surface area (TPSA) is 133 Å². The van der Waals surface area contributed by atoms with Crippen molar-refractivity contribution in [2.24, 2.45) is 0 Å². The van der Waals surface area contributed by atoms with Gasteiger partial charge in [-0.15, -0.1) is 5.10 Å². The van der Waals surface area contributed by atoms with Crippen molar-refractivity contribution in [1.29, 1.82) is 0 Å². The molecule has 2 heterocycles. The molecule has 1 fully saturated rings. The van der Waals surface area contributed by atoms with E-state index in [0.717, 1.165) is 0 Å². The molecule has 174 valence electrons. The average molecular weight is 474 g/mol. The number of morpholine rings is 1. The summed E-state index contributed by atoms with van der Waals surface area (Å²) >= 11 is 0. The average Bonchev–Trinajstić information content (AvgIpc) is 3.32. The number of hydrogen-bond donors (Lipinski definition) is 1. The van der Waals surface area contributed by atoms with Crippen LogP contribution in [0.15, 0.2) is 51.8 Å². The van der Waals surface area contributed by atoms with Crippen LogP contribution in [0.5, 0.6) is 11.5 Å². The molecule has 0 saturated carbocycles. The third-order valence-electron chi connectivity index (χ3n) is 4.97. The lowest BCUT2D eigenvalue weighted by atomic mass is 10.2. The normalized spacial score (nSPS) is 14.6. The summed E-state index contributed by atoms with van der Waals surface area (Å²) in [6, 6.07) is 10.6. The Morgan fingerprint density at radius 2 is 1.64 bits per heavy atom. The SMILES string of the molecule is COc1cc(OC)cc(-c2nnc(NC(=O)c3ccc(S(=O)(=O)N4CCOCC4)cc3)o2)c1. The molecule has 1 aliphatic rings. The first-order valence-corrected chi connectivity index (χ1v) is 11.4. The quantitative estimate of drug-likeness (QED) is 0.546. The van der Waals surface area contributed by atoms with Crippen LogP contribution in [-0.4, -0.2) is 69.4 Å². The lowest BCUT2D eigenvalue weighted by Gasteiger charge is -2.26. The third kappa shape index (κ3) is 4.97. The van der Waals surface area contributed by atoms with Gasteiger partial charge in [-0.1, -0.05) is 5.10 Å². The number of anilines is 1. The number of sulfonamides is 1. The van der Waals surface area contributed by atoms with Crippen molar-refractivity contribution < 1.29 is 31.8 Å². The highest BCUT2D eigenvalue weighted by atomic mass is 32.2. The van der Waals surface area contributed by atoms with E-state index in [1.807, 2.05) is 0 Å². The van der Waals surface area contributed by atoms with E-state index in [2.05, 4.69) is 15.5 Å². The Kier molecular flexibility index (Phi) is 6.58. The standard InChI is InChI=1S/C21H22N4O7S/c1-29-16-11-15(12-17(13-16)30-2)20-23-24-21(32-20)22-19(26)14-3-5-18(6-4-14)33(27,28)25-7-9-31-10-8-25/h3-6,11-13H,7-10H2,1-2H3,(H,22,24,26). The van der Waals surface area contributed by atoms with Crippen LogP contribution in [-0.2, 0) is 14.8 Å². The number of rotatable bonds is 7. The highest BCUT2D eigenvalue weighted by molar-refractivity contribution is 7.89. The van der Waals surface area contributed by atoms with Crippen LogP contribution in [0.25, 0.3) is 11.5 Å². The van der Waals surface area contributed by atoms with Gasteiger partial charge in [-0.3, -0.25) is 10.1 Å². The summed E-state index contributed by atoms with van der Waals surface area (Å²) in [5, 5.41) is 10.3. The summed E-state index contributed by atoms with van der Waals surface area (Å²) in [4.78, 5) is 12.7. The second kappa shape index (κ2) is 9.57. The fourth-order valence-corrected chi connectivity index (χ4v) is 4.61. The molecule has 1 aliphatic heterocycles. The molecule has 2 aromatic carbocycles. The monoisotopic (exact) mass is 474 g/mol. The van der Waals surface area contributed by atoms with E-state index in [1.54, 1.807) is 18.2 Å². The van der Waals surface area contributed by atoms with Crippen LogP contribution in [0, 0.1) is 0 Å². The fourth-order valence-electron chi connectivity index (χ4n) is 3.20. The lowest BCUT2D eigenvalue weighted by Crippen LogP contribution is -2.40. The Hall–Kier alpha value is -3.48. The van der Waals surface area contributed by atoms with Crippen LogP contribution in [0.1, 0.15) is 10.4 Å². The number of ether oxygens (including phenoxy) is 3. The third-order valence-corrected chi connectivity index (χ3v) is 6.88. The van der Waals surface area contributed by atoms with E-state index < -0.39 is 15.9 Å². The van der Waals surface area contributed by atoms with Crippen molar-refractivity contribution in [2.45, 2.75) is 4.90 Å². The number of benzene rings is 2. The van der Waals surface area contributed by atoms with Crippen molar-refractivity contribution in [2.75, 3.05) is 45.8 Å². The molecule has 0 spiro atoms. The molecule has 1 amide bonds. The summed E-state index contributed by atoms with van der Waals surface area (Å²) in [7, 11) is -0.595. The summed E-state index contributed by atoms with van der Waals surface area (Å²) in [6.07, 6.45) is 0. The lowest BCUT2D eigenvalue weighted by molar-refractivity contribution is 0.0730.